The van der Waals surface area contributed by atoms with Gasteiger partial charge in [-0.2, -0.15) is 0 Å². The van der Waals surface area contributed by atoms with Gasteiger partial charge in [0.25, 0.3) is 5.56 Å². The number of halogens is 1. The van der Waals surface area contributed by atoms with Crippen molar-refractivity contribution in [2.24, 2.45) is 0 Å². The summed E-state index contributed by atoms with van der Waals surface area (Å²) in [6.07, 6.45) is 0.106. The molecule has 2 aromatic heterocycles. The first kappa shape index (κ1) is 19.6. The van der Waals surface area contributed by atoms with Crippen molar-refractivity contribution in [1.82, 2.24) is 19.4 Å². The predicted octanol–water partition coefficient (Wildman–Crippen LogP) is 1.06. The number of fused-ring (bicyclic) bond motifs is 1. The van der Waals surface area contributed by atoms with Gasteiger partial charge in [0.15, 0.2) is 0 Å². The molecule has 0 spiro atoms. The highest BCUT2D eigenvalue weighted by Gasteiger charge is 2.24. The monoisotopic (exact) mass is 398 g/mol. The highest BCUT2D eigenvalue weighted by atomic mass is 32.1. The van der Waals surface area contributed by atoms with Crippen LogP contribution in [0, 0.1) is 6.92 Å². The number of rotatable bonds is 8. The number of nitrogens with zero attached hydrogens (tertiary/aromatic N) is 3. The standard InChI is InChI=1S/C17H23FN4O4S/c1-11-12(10-20-7-5-19-16(20)24)27-15-13(11)14(23)21(6-3-4-18)17(25)22(15)8-9-26-2/h3-10H2,1-2H3,(H,19,24). The van der Waals surface area contributed by atoms with Crippen molar-refractivity contribution in [1.29, 1.82) is 0 Å². The molecule has 27 heavy (non-hydrogen) atoms. The van der Waals surface area contributed by atoms with Gasteiger partial charge in [0, 0.05) is 31.6 Å². The molecule has 10 heteroatoms. The third-order valence-electron chi connectivity index (χ3n) is 4.71. The third-order valence-corrected chi connectivity index (χ3v) is 6.01. The molecule has 0 bridgehead atoms. The summed E-state index contributed by atoms with van der Waals surface area (Å²) in [5.41, 5.74) is -0.0902. The lowest BCUT2D eigenvalue weighted by Gasteiger charge is -2.12. The summed E-state index contributed by atoms with van der Waals surface area (Å²) >= 11 is 1.35. The summed E-state index contributed by atoms with van der Waals surface area (Å²) in [5.74, 6) is 0. The van der Waals surface area contributed by atoms with Gasteiger partial charge in [0.1, 0.15) is 4.83 Å². The highest BCUT2D eigenvalue weighted by molar-refractivity contribution is 7.18. The van der Waals surface area contributed by atoms with Crippen LogP contribution < -0.4 is 16.6 Å². The molecule has 0 saturated carbocycles. The molecule has 1 N–H and O–H groups in total. The van der Waals surface area contributed by atoms with Crippen molar-refractivity contribution in [3.63, 3.8) is 0 Å². The summed E-state index contributed by atoms with van der Waals surface area (Å²) in [6, 6.07) is -0.135. The molecule has 1 saturated heterocycles. The molecule has 2 aromatic rings. The molecule has 0 aliphatic carbocycles. The Morgan fingerprint density at radius 3 is 2.63 bits per heavy atom. The maximum atomic E-state index is 12.9. The molecule has 3 heterocycles. The first-order valence-electron chi connectivity index (χ1n) is 8.82. The van der Waals surface area contributed by atoms with Crippen LogP contribution >= 0.6 is 11.3 Å². The predicted molar refractivity (Wildman–Crippen MR) is 101 cm³/mol. The van der Waals surface area contributed by atoms with E-state index in [4.69, 9.17) is 4.74 Å². The molecule has 0 atom stereocenters. The van der Waals surface area contributed by atoms with Crippen LogP contribution in [0.5, 0.6) is 0 Å². The Labute approximate surface area is 159 Å². The van der Waals surface area contributed by atoms with Gasteiger partial charge in [-0.05, 0) is 18.9 Å². The fourth-order valence-electron chi connectivity index (χ4n) is 3.22. The topological polar surface area (TPSA) is 85.6 Å². The number of hydrogen-bond donors (Lipinski definition) is 1. The van der Waals surface area contributed by atoms with Crippen molar-refractivity contribution >= 4 is 27.6 Å². The zero-order valence-corrected chi connectivity index (χ0v) is 16.2. The third kappa shape index (κ3) is 3.63. The Balaban J connectivity index is 2.14. The molecule has 1 aliphatic rings. The highest BCUT2D eigenvalue weighted by Crippen LogP contribution is 2.29. The maximum Gasteiger partial charge on any atom is 0.332 e. The van der Waals surface area contributed by atoms with Crippen molar-refractivity contribution < 1.29 is 13.9 Å². The minimum absolute atomic E-state index is 0.0379. The molecule has 2 amide bonds. The summed E-state index contributed by atoms with van der Waals surface area (Å²) in [6.45, 7) is 3.47. The van der Waals surface area contributed by atoms with Gasteiger partial charge in [0.05, 0.1) is 31.8 Å². The average Bonchev–Trinajstić information content (AvgIpc) is 3.19. The van der Waals surface area contributed by atoms with Gasteiger partial charge in [-0.25, -0.2) is 9.59 Å². The average molecular weight is 398 g/mol. The van der Waals surface area contributed by atoms with Crippen LogP contribution in [-0.4, -0.2) is 53.5 Å². The number of carbonyl (C=O) groups is 1. The molecule has 148 valence electrons. The van der Waals surface area contributed by atoms with Gasteiger partial charge >= 0.3 is 11.7 Å². The van der Waals surface area contributed by atoms with E-state index in [1.54, 1.807) is 12.0 Å². The molecule has 0 unspecified atom stereocenters. The van der Waals surface area contributed by atoms with Crippen LogP contribution in [0.3, 0.4) is 0 Å². The molecule has 1 aliphatic heterocycles. The Hall–Kier alpha value is -2.20. The van der Waals surface area contributed by atoms with Crippen LogP contribution in [0.15, 0.2) is 9.59 Å². The largest absolute Gasteiger partial charge is 0.383 e. The van der Waals surface area contributed by atoms with Crippen LogP contribution in [-0.2, 0) is 24.4 Å². The van der Waals surface area contributed by atoms with Crippen molar-refractivity contribution in [3.8, 4) is 0 Å². The van der Waals surface area contributed by atoms with Crippen LogP contribution in [0.1, 0.15) is 16.9 Å². The summed E-state index contributed by atoms with van der Waals surface area (Å²) in [7, 11) is 1.54. The Kier molecular flexibility index (Phi) is 5.95. The SMILES string of the molecule is COCCn1c(=O)n(CCCF)c(=O)c2c(C)c(CN3CCNC3=O)sc21. The van der Waals surface area contributed by atoms with E-state index in [0.29, 0.717) is 43.0 Å². The minimum Gasteiger partial charge on any atom is -0.383 e. The normalized spacial score (nSPS) is 14.3. The molecule has 1 fully saturated rings. The number of ether oxygens (including phenoxy) is 1. The van der Waals surface area contributed by atoms with E-state index >= 15 is 0 Å². The van der Waals surface area contributed by atoms with Crippen LogP contribution in [0.2, 0.25) is 0 Å². The second kappa shape index (κ2) is 8.22. The fourth-order valence-corrected chi connectivity index (χ4v) is 4.55. The number of nitrogens with one attached hydrogen (secondary N) is 1. The quantitative estimate of drug-likeness (QED) is 0.721. The zero-order chi connectivity index (χ0) is 19.6. The van der Waals surface area contributed by atoms with Gasteiger partial charge in [-0.1, -0.05) is 0 Å². The molecular formula is C17H23FN4O4S. The maximum absolute atomic E-state index is 12.9. The lowest BCUT2D eigenvalue weighted by Crippen LogP contribution is -2.40. The minimum atomic E-state index is -0.597. The van der Waals surface area contributed by atoms with Gasteiger partial charge < -0.3 is 15.0 Å². The molecule has 8 nitrogen and oxygen atoms in total. The Morgan fingerprint density at radius 2 is 2.00 bits per heavy atom. The van der Waals surface area contributed by atoms with Crippen LogP contribution in [0.25, 0.3) is 10.2 Å². The molecule has 0 radical (unpaired) electrons. The fraction of sp³-hybridized carbons (Fsp3) is 0.588. The van der Waals surface area contributed by atoms with Crippen molar-refractivity contribution in [2.45, 2.75) is 33.0 Å². The summed E-state index contributed by atoms with van der Waals surface area (Å²) < 4.78 is 20.3. The molecule has 0 aromatic carbocycles. The smallest absolute Gasteiger partial charge is 0.332 e. The van der Waals surface area contributed by atoms with Gasteiger partial charge in [-0.15, -0.1) is 11.3 Å². The first-order chi connectivity index (χ1) is 13.0. The van der Waals surface area contributed by atoms with Crippen LogP contribution in [0.4, 0.5) is 9.18 Å². The Bertz CT molecular complexity index is 964. The van der Waals surface area contributed by atoms with E-state index < -0.39 is 17.9 Å². The second-order valence-electron chi connectivity index (χ2n) is 6.41. The van der Waals surface area contributed by atoms with Gasteiger partial charge in [0.2, 0.25) is 0 Å². The van der Waals surface area contributed by atoms with E-state index in [9.17, 15) is 18.8 Å². The molecular weight excluding hydrogens is 375 g/mol. The van der Waals surface area contributed by atoms with E-state index in [2.05, 4.69) is 5.32 Å². The van der Waals surface area contributed by atoms with Crippen molar-refractivity contribution in [3.05, 3.63) is 31.3 Å². The van der Waals surface area contributed by atoms with Gasteiger partial charge in [-0.3, -0.25) is 18.3 Å². The second-order valence-corrected chi connectivity index (χ2v) is 7.49. The number of alkyl halides is 1. The number of urea groups is 1. The van der Waals surface area contributed by atoms with Crippen molar-refractivity contribution in [2.75, 3.05) is 33.5 Å². The van der Waals surface area contributed by atoms with E-state index in [0.717, 1.165) is 15.0 Å². The van der Waals surface area contributed by atoms with E-state index in [-0.39, 0.29) is 19.0 Å². The lowest BCUT2D eigenvalue weighted by molar-refractivity contribution is 0.186. The lowest BCUT2D eigenvalue weighted by atomic mass is 10.2. The van der Waals surface area contributed by atoms with E-state index in [1.807, 2.05) is 6.92 Å². The van der Waals surface area contributed by atoms with E-state index in [1.165, 1.54) is 15.9 Å². The number of aromatic nitrogens is 2. The zero-order valence-electron chi connectivity index (χ0n) is 15.4. The number of methoxy groups -OCH3 is 1. The number of carbonyl (C=O) groups excluding carboxylic acids is 1. The Morgan fingerprint density at radius 1 is 1.22 bits per heavy atom. The molecule has 3 rings (SSSR count). The number of amides is 2. The number of aryl methyl sites for hydroxylation is 1. The first-order valence-corrected chi connectivity index (χ1v) is 9.64. The number of thiophene rings is 1. The summed E-state index contributed by atoms with van der Waals surface area (Å²) in [4.78, 5) is 40.7. The summed E-state index contributed by atoms with van der Waals surface area (Å²) in [5, 5.41) is 3.22. The number of hydrogen-bond acceptors (Lipinski definition) is 5.